The number of piperazine rings is 1. The smallest absolute Gasteiger partial charge is 0.301 e. The van der Waals surface area contributed by atoms with Crippen molar-refractivity contribution in [2.45, 2.75) is 6.92 Å². The summed E-state index contributed by atoms with van der Waals surface area (Å²) in [5.74, 6) is 0. The molecule has 0 amide bonds. The third-order valence-electron chi connectivity index (χ3n) is 4.99. The van der Waals surface area contributed by atoms with E-state index < -0.39 is 0 Å². The highest BCUT2D eigenvalue weighted by atomic mass is 16.6. The molecule has 0 radical (unpaired) electrons. The summed E-state index contributed by atoms with van der Waals surface area (Å²) in [6, 6.07) is 15.6. The van der Waals surface area contributed by atoms with Gasteiger partial charge in [-0.1, -0.05) is 18.2 Å². The van der Waals surface area contributed by atoms with Gasteiger partial charge < -0.3 is 9.80 Å². The Hall–Kier alpha value is -3.15. The maximum atomic E-state index is 11.7. The average Bonchev–Trinajstić information content (AvgIpc) is 2.67. The molecule has 1 fully saturated rings. The number of hydrogen-bond acceptors (Lipinski definition) is 5. The first kappa shape index (κ1) is 16.3. The van der Waals surface area contributed by atoms with Crippen LogP contribution in [0, 0.1) is 17.0 Å². The Morgan fingerprint density at radius 3 is 2.31 bits per heavy atom. The fraction of sp³-hybridized carbons (Fsp3) is 0.250. The van der Waals surface area contributed by atoms with E-state index in [-0.39, 0.29) is 10.6 Å². The minimum atomic E-state index is -0.285. The molecule has 0 aliphatic carbocycles. The number of nitrogens with zero attached hydrogens (tertiary/aromatic N) is 4. The number of aromatic nitrogens is 1. The Balaban J connectivity index is 1.63. The van der Waals surface area contributed by atoms with Crippen molar-refractivity contribution in [2.24, 2.45) is 0 Å². The summed E-state index contributed by atoms with van der Waals surface area (Å²) >= 11 is 0. The van der Waals surface area contributed by atoms with Crippen LogP contribution in [0.15, 0.2) is 54.7 Å². The number of rotatable bonds is 3. The molecule has 0 saturated carbocycles. The Labute approximate surface area is 151 Å². The molecule has 6 heteroatoms. The molecule has 1 aromatic heterocycles. The van der Waals surface area contributed by atoms with Crippen molar-refractivity contribution < 1.29 is 4.92 Å². The Kier molecular flexibility index (Phi) is 4.16. The molecule has 6 nitrogen and oxygen atoms in total. The standard InChI is InChI=1S/C20H20N4O2/c1-15-5-2-3-7-18(15)22-11-13-23(14-12-22)19-9-8-17-16(6-4-10-21-17)20(19)24(25)26/h2-10H,11-14H2,1H3. The summed E-state index contributed by atoms with van der Waals surface area (Å²) < 4.78 is 0. The predicted octanol–water partition coefficient (Wildman–Crippen LogP) is 3.78. The third-order valence-corrected chi connectivity index (χ3v) is 4.99. The van der Waals surface area contributed by atoms with Gasteiger partial charge in [-0.05, 0) is 42.8 Å². The third kappa shape index (κ3) is 2.83. The Morgan fingerprint density at radius 1 is 0.923 bits per heavy atom. The van der Waals surface area contributed by atoms with E-state index in [0.29, 0.717) is 16.6 Å². The van der Waals surface area contributed by atoms with Gasteiger partial charge in [-0.3, -0.25) is 15.1 Å². The van der Waals surface area contributed by atoms with Crippen LogP contribution in [0.1, 0.15) is 5.56 Å². The van der Waals surface area contributed by atoms with Gasteiger partial charge in [0.05, 0.1) is 15.8 Å². The molecule has 1 aliphatic rings. The van der Waals surface area contributed by atoms with Crippen LogP contribution in [0.3, 0.4) is 0 Å². The zero-order chi connectivity index (χ0) is 18.1. The van der Waals surface area contributed by atoms with Gasteiger partial charge >= 0.3 is 5.69 Å². The number of anilines is 2. The highest BCUT2D eigenvalue weighted by Gasteiger charge is 2.26. The number of aryl methyl sites for hydroxylation is 1. The monoisotopic (exact) mass is 348 g/mol. The quantitative estimate of drug-likeness (QED) is 0.532. The lowest BCUT2D eigenvalue weighted by atomic mass is 10.1. The number of fused-ring (bicyclic) bond motifs is 1. The maximum absolute atomic E-state index is 11.7. The van der Waals surface area contributed by atoms with E-state index in [4.69, 9.17) is 0 Å². The second-order valence-corrected chi connectivity index (χ2v) is 6.52. The van der Waals surface area contributed by atoms with Crippen LogP contribution in [0.4, 0.5) is 17.1 Å². The van der Waals surface area contributed by atoms with Crippen molar-refractivity contribution in [3.63, 3.8) is 0 Å². The molecule has 0 spiro atoms. The normalized spacial score (nSPS) is 14.7. The van der Waals surface area contributed by atoms with Gasteiger partial charge in [0.25, 0.3) is 0 Å². The minimum Gasteiger partial charge on any atom is -0.368 e. The summed E-state index contributed by atoms with van der Waals surface area (Å²) in [5, 5.41) is 12.3. The minimum absolute atomic E-state index is 0.153. The summed E-state index contributed by atoms with van der Waals surface area (Å²) in [4.78, 5) is 20.2. The summed E-state index contributed by atoms with van der Waals surface area (Å²) in [6.45, 7) is 5.30. The van der Waals surface area contributed by atoms with Crippen LogP contribution < -0.4 is 9.80 Å². The van der Waals surface area contributed by atoms with E-state index in [2.05, 4.69) is 39.9 Å². The van der Waals surface area contributed by atoms with Crippen molar-refractivity contribution >= 4 is 28.0 Å². The first-order valence-electron chi connectivity index (χ1n) is 8.73. The highest BCUT2D eigenvalue weighted by molar-refractivity contribution is 5.94. The molecule has 26 heavy (non-hydrogen) atoms. The molecule has 132 valence electrons. The number of hydrogen-bond donors (Lipinski definition) is 0. The molecule has 2 heterocycles. The maximum Gasteiger partial charge on any atom is 0.301 e. The predicted molar refractivity (Wildman–Crippen MR) is 104 cm³/mol. The van der Waals surface area contributed by atoms with Gasteiger partial charge in [0.15, 0.2) is 0 Å². The number of para-hydroxylation sites is 1. The van der Waals surface area contributed by atoms with Crippen LogP contribution in [0.2, 0.25) is 0 Å². The van der Waals surface area contributed by atoms with Gasteiger partial charge in [0, 0.05) is 38.1 Å². The van der Waals surface area contributed by atoms with Crippen LogP contribution >= 0.6 is 0 Å². The fourth-order valence-electron chi connectivity index (χ4n) is 3.68. The van der Waals surface area contributed by atoms with Gasteiger partial charge in [0.2, 0.25) is 0 Å². The van der Waals surface area contributed by atoms with Gasteiger partial charge in [-0.2, -0.15) is 0 Å². The molecule has 4 rings (SSSR count). The van der Waals surface area contributed by atoms with Crippen LogP contribution in [0.25, 0.3) is 10.9 Å². The lowest BCUT2D eigenvalue weighted by molar-refractivity contribution is -0.382. The lowest BCUT2D eigenvalue weighted by Crippen LogP contribution is -2.47. The largest absolute Gasteiger partial charge is 0.368 e. The molecule has 1 aliphatic heterocycles. The number of nitro groups is 1. The first-order chi connectivity index (χ1) is 12.6. The molecule has 3 aromatic rings. The molecule has 0 atom stereocenters. The second kappa shape index (κ2) is 6.63. The molecular formula is C20H20N4O2. The van der Waals surface area contributed by atoms with Crippen LogP contribution in [0.5, 0.6) is 0 Å². The van der Waals surface area contributed by atoms with Gasteiger partial charge in [-0.25, -0.2) is 0 Å². The number of pyridine rings is 1. The number of nitro benzene ring substituents is 1. The summed E-state index contributed by atoms with van der Waals surface area (Å²) in [7, 11) is 0. The molecule has 2 aromatic carbocycles. The van der Waals surface area contributed by atoms with E-state index in [1.54, 1.807) is 18.3 Å². The zero-order valence-corrected chi connectivity index (χ0v) is 14.6. The van der Waals surface area contributed by atoms with E-state index >= 15 is 0 Å². The Morgan fingerprint density at radius 2 is 1.62 bits per heavy atom. The van der Waals surface area contributed by atoms with Crippen molar-refractivity contribution in [3.05, 3.63) is 70.4 Å². The average molecular weight is 348 g/mol. The Bertz CT molecular complexity index is 965. The first-order valence-corrected chi connectivity index (χ1v) is 8.73. The van der Waals surface area contributed by atoms with Crippen molar-refractivity contribution in [3.8, 4) is 0 Å². The van der Waals surface area contributed by atoms with Crippen molar-refractivity contribution in [2.75, 3.05) is 36.0 Å². The van der Waals surface area contributed by atoms with E-state index in [1.165, 1.54) is 11.3 Å². The molecule has 1 saturated heterocycles. The van der Waals surface area contributed by atoms with Crippen molar-refractivity contribution in [1.29, 1.82) is 0 Å². The zero-order valence-electron chi connectivity index (χ0n) is 14.6. The summed E-state index contributed by atoms with van der Waals surface area (Å²) in [5.41, 5.74) is 3.98. The topological polar surface area (TPSA) is 62.5 Å². The highest BCUT2D eigenvalue weighted by Crippen LogP contribution is 2.36. The van der Waals surface area contributed by atoms with Gasteiger partial charge in [0.1, 0.15) is 5.69 Å². The van der Waals surface area contributed by atoms with E-state index in [1.807, 2.05) is 18.2 Å². The number of benzene rings is 2. The molecule has 0 bridgehead atoms. The van der Waals surface area contributed by atoms with Gasteiger partial charge in [-0.15, -0.1) is 0 Å². The van der Waals surface area contributed by atoms with Crippen LogP contribution in [-0.4, -0.2) is 36.1 Å². The van der Waals surface area contributed by atoms with E-state index in [0.717, 1.165) is 26.2 Å². The summed E-state index contributed by atoms with van der Waals surface area (Å²) in [6.07, 6.45) is 1.66. The molecule has 0 unspecified atom stereocenters. The van der Waals surface area contributed by atoms with Crippen molar-refractivity contribution in [1.82, 2.24) is 4.98 Å². The van der Waals surface area contributed by atoms with E-state index in [9.17, 15) is 10.1 Å². The fourth-order valence-corrected chi connectivity index (χ4v) is 3.68. The second-order valence-electron chi connectivity index (χ2n) is 6.52. The lowest BCUT2D eigenvalue weighted by Gasteiger charge is -2.37. The molecular weight excluding hydrogens is 328 g/mol. The molecule has 0 N–H and O–H groups in total. The SMILES string of the molecule is Cc1ccccc1N1CCN(c2ccc3ncccc3c2[N+](=O)[O-])CC1. The van der Waals surface area contributed by atoms with Crippen LogP contribution in [-0.2, 0) is 0 Å².